The molecule has 1 aliphatic heterocycles. The Labute approximate surface area is 235 Å². The first-order valence-electron chi connectivity index (χ1n) is 13.7. The lowest BCUT2D eigenvalue weighted by molar-refractivity contribution is 0.0239. The standard InChI is InChI=1S/C20H21NO.C16H14.BH3/c1-15-14-19-17(16-6-3-2-4-7-16)8-5-9-18(19)20(15)21-10-12-22-13-11-21;1-12-10-14-8-5-9-15(16(14)11-12)13-6-3-2-4-7-13;/h2-9,14,20H,10-13H2,1H3;2-9,11H,10H2,1H3;1H3. The van der Waals surface area contributed by atoms with Gasteiger partial charge in [-0.15, -0.1) is 0 Å². The molecule has 0 radical (unpaired) electrons. The number of rotatable bonds is 3. The molecule has 1 fully saturated rings. The molecule has 3 heteroatoms. The third kappa shape index (κ3) is 5.57. The number of ether oxygens (including phenoxy) is 1. The van der Waals surface area contributed by atoms with Gasteiger partial charge in [0.2, 0.25) is 0 Å². The second kappa shape index (κ2) is 12.0. The number of morpholine rings is 1. The van der Waals surface area contributed by atoms with Crippen molar-refractivity contribution in [2.45, 2.75) is 26.3 Å². The Hall–Kier alpha value is -3.66. The van der Waals surface area contributed by atoms with Crippen LogP contribution in [0.2, 0.25) is 0 Å². The summed E-state index contributed by atoms with van der Waals surface area (Å²) in [5.41, 5.74) is 13.9. The van der Waals surface area contributed by atoms with E-state index >= 15 is 0 Å². The van der Waals surface area contributed by atoms with Crippen LogP contribution in [-0.4, -0.2) is 39.6 Å². The minimum atomic E-state index is 0. The smallest absolute Gasteiger partial charge is 0.0814 e. The van der Waals surface area contributed by atoms with E-state index in [4.69, 9.17) is 4.74 Å². The van der Waals surface area contributed by atoms with Crippen molar-refractivity contribution in [2.75, 3.05) is 26.3 Å². The van der Waals surface area contributed by atoms with Gasteiger partial charge in [-0.05, 0) is 64.8 Å². The number of hydrogen-bond donors (Lipinski definition) is 0. The Morgan fingerprint density at radius 1 is 0.641 bits per heavy atom. The van der Waals surface area contributed by atoms with Crippen LogP contribution in [0.3, 0.4) is 0 Å². The molecule has 39 heavy (non-hydrogen) atoms. The summed E-state index contributed by atoms with van der Waals surface area (Å²) in [5, 5.41) is 0. The summed E-state index contributed by atoms with van der Waals surface area (Å²) in [4.78, 5) is 2.55. The summed E-state index contributed by atoms with van der Waals surface area (Å²) in [7, 11) is 0. The topological polar surface area (TPSA) is 12.5 Å². The lowest BCUT2D eigenvalue weighted by Crippen LogP contribution is -2.38. The van der Waals surface area contributed by atoms with Crippen molar-refractivity contribution in [3.8, 4) is 22.3 Å². The van der Waals surface area contributed by atoms with E-state index in [1.807, 2.05) is 0 Å². The van der Waals surface area contributed by atoms with Crippen molar-refractivity contribution in [3.05, 3.63) is 130 Å². The molecule has 1 atom stereocenters. The van der Waals surface area contributed by atoms with Gasteiger partial charge in [-0.1, -0.05) is 120 Å². The molecule has 0 N–H and O–H groups in total. The van der Waals surface area contributed by atoms with E-state index in [0.717, 1.165) is 32.7 Å². The lowest BCUT2D eigenvalue weighted by atomic mass is 9.95. The quantitative estimate of drug-likeness (QED) is 0.268. The zero-order chi connectivity index (χ0) is 25.9. The molecule has 3 aliphatic rings. The molecular formula is C36H38BNO. The highest BCUT2D eigenvalue weighted by atomic mass is 16.5. The van der Waals surface area contributed by atoms with Crippen molar-refractivity contribution in [2.24, 2.45) is 0 Å². The summed E-state index contributed by atoms with van der Waals surface area (Å²) in [5.74, 6) is 0. The fourth-order valence-electron chi connectivity index (χ4n) is 6.13. The number of allylic oxidation sites excluding steroid dienone is 1. The van der Waals surface area contributed by atoms with Gasteiger partial charge in [-0.3, -0.25) is 4.90 Å². The zero-order valence-electron chi connectivity index (χ0n) is 22.4. The van der Waals surface area contributed by atoms with Crippen molar-refractivity contribution in [3.63, 3.8) is 0 Å². The van der Waals surface area contributed by atoms with Crippen LogP contribution in [0.15, 0.2) is 108 Å². The Morgan fingerprint density at radius 3 is 1.87 bits per heavy atom. The fraction of sp³-hybridized carbons (Fsp3) is 0.222. The van der Waals surface area contributed by atoms with Gasteiger partial charge in [0.05, 0.1) is 27.7 Å². The normalized spacial score (nSPS) is 17.6. The largest absolute Gasteiger partial charge is 0.379 e. The van der Waals surface area contributed by atoms with Crippen LogP contribution in [0.4, 0.5) is 0 Å². The molecule has 0 bridgehead atoms. The molecule has 1 heterocycles. The van der Waals surface area contributed by atoms with Gasteiger partial charge < -0.3 is 4.74 Å². The molecule has 0 saturated carbocycles. The van der Waals surface area contributed by atoms with Crippen molar-refractivity contribution in [1.29, 1.82) is 0 Å². The summed E-state index contributed by atoms with van der Waals surface area (Å²) < 4.78 is 5.51. The molecule has 196 valence electrons. The second-order valence-electron chi connectivity index (χ2n) is 10.5. The van der Waals surface area contributed by atoms with E-state index in [0.29, 0.717) is 6.04 Å². The summed E-state index contributed by atoms with van der Waals surface area (Å²) in [6.45, 7) is 8.19. The molecule has 4 aromatic rings. The average Bonchev–Trinajstić information content (AvgIpc) is 3.52. The van der Waals surface area contributed by atoms with Crippen LogP contribution in [0.25, 0.3) is 34.4 Å². The van der Waals surface area contributed by atoms with Gasteiger partial charge in [0.1, 0.15) is 0 Å². The van der Waals surface area contributed by atoms with Crippen LogP contribution in [0.1, 0.15) is 42.1 Å². The second-order valence-corrected chi connectivity index (χ2v) is 10.5. The van der Waals surface area contributed by atoms with Crippen molar-refractivity contribution >= 4 is 20.6 Å². The van der Waals surface area contributed by atoms with Crippen LogP contribution in [-0.2, 0) is 11.2 Å². The first kappa shape index (κ1) is 26.9. The third-order valence-electron chi connectivity index (χ3n) is 7.87. The zero-order valence-corrected chi connectivity index (χ0v) is 22.4. The van der Waals surface area contributed by atoms with Crippen LogP contribution in [0.5, 0.6) is 0 Å². The maximum atomic E-state index is 5.51. The van der Waals surface area contributed by atoms with E-state index in [2.05, 4.69) is 128 Å². The Bertz CT molecular complexity index is 1480. The highest BCUT2D eigenvalue weighted by Crippen LogP contribution is 2.42. The van der Waals surface area contributed by atoms with Gasteiger partial charge >= 0.3 is 0 Å². The Morgan fingerprint density at radius 2 is 1.23 bits per heavy atom. The van der Waals surface area contributed by atoms with Gasteiger partial charge in [-0.25, -0.2) is 0 Å². The minimum Gasteiger partial charge on any atom is -0.379 e. The van der Waals surface area contributed by atoms with Crippen molar-refractivity contribution < 1.29 is 4.74 Å². The number of benzene rings is 4. The molecular weight excluding hydrogens is 473 g/mol. The molecule has 7 rings (SSSR count). The van der Waals surface area contributed by atoms with Gasteiger partial charge in [0.25, 0.3) is 0 Å². The molecule has 0 spiro atoms. The first-order valence-corrected chi connectivity index (χ1v) is 13.7. The molecule has 0 aromatic heterocycles. The van der Waals surface area contributed by atoms with Gasteiger partial charge in [-0.2, -0.15) is 0 Å². The van der Waals surface area contributed by atoms with Crippen molar-refractivity contribution in [1.82, 2.24) is 4.90 Å². The van der Waals surface area contributed by atoms with Crippen LogP contribution in [0, 0.1) is 0 Å². The maximum absolute atomic E-state index is 5.51. The van der Waals surface area contributed by atoms with E-state index in [9.17, 15) is 0 Å². The fourth-order valence-corrected chi connectivity index (χ4v) is 6.13. The lowest BCUT2D eigenvalue weighted by Gasteiger charge is -2.34. The molecule has 1 unspecified atom stereocenters. The van der Waals surface area contributed by atoms with E-state index < -0.39 is 0 Å². The van der Waals surface area contributed by atoms with Crippen LogP contribution >= 0.6 is 0 Å². The Kier molecular flexibility index (Phi) is 8.31. The van der Waals surface area contributed by atoms with Gasteiger partial charge in [0.15, 0.2) is 0 Å². The number of hydrogen-bond acceptors (Lipinski definition) is 2. The molecule has 0 amide bonds. The predicted octanol–water partition coefficient (Wildman–Crippen LogP) is 7.27. The number of fused-ring (bicyclic) bond motifs is 2. The van der Waals surface area contributed by atoms with E-state index in [1.165, 1.54) is 55.7 Å². The van der Waals surface area contributed by atoms with E-state index in [-0.39, 0.29) is 8.41 Å². The van der Waals surface area contributed by atoms with Crippen LogP contribution < -0.4 is 0 Å². The monoisotopic (exact) mass is 511 g/mol. The summed E-state index contributed by atoms with van der Waals surface area (Å²) in [6, 6.07) is 35.0. The summed E-state index contributed by atoms with van der Waals surface area (Å²) in [6.07, 6.45) is 5.80. The van der Waals surface area contributed by atoms with E-state index in [1.54, 1.807) is 0 Å². The first-order chi connectivity index (χ1) is 18.7. The maximum Gasteiger partial charge on any atom is 0.0814 e. The average molecular weight is 512 g/mol. The Balaban J connectivity index is 0.000000161. The summed E-state index contributed by atoms with van der Waals surface area (Å²) >= 11 is 0. The molecule has 4 aromatic carbocycles. The molecule has 2 aliphatic carbocycles. The highest BCUT2D eigenvalue weighted by Gasteiger charge is 2.30. The molecule has 1 saturated heterocycles. The SMILES string of the molecule is B.CC1=Cc2c(-c3ccccc3)cccc2C1N1CCOCC1.CC1=Cc2c(cccc2-c2ccccc2)C1. The third-order valence-corrected chi connectivity index (χ3v) is 7.87. The highest BCUT2D eigenvalue weighted by molar-refractivity contribution is 5.82. The van der Waals surface area contributed by atoms with Gasteiger partial charge in [0, 0.05) is 13.1 Å². The predicted molar refractivity (Wildman–Crippen MR) is 170 cm³/mol. The number of nitrogens with zero attached hydrogens (tertiary/aromatic N) is 1. The molecule has 2 nitrogen and oxygen atoms in total. The minimum absolute atomic E-state index is 0.